The maximum absolute atomic E-state index is 10.3. The second-order valence-electron chi connectivity index (χ2n) is 5.79. The fraction of sp³-hybridized carbons (Fsp3) is 0.368. The van der Waals surface area contributed by atoms with Gasteiger partial charge in [-0.05, 0) is 36.1 Å². The second-order valence-corrected chi connectivity index (χ2v) is 5.79. The van der Waals surface area contributed by atoms with Gasteiger partial charge in [-0.25, -0.2) is 0 Å². The molecule has 0 aromatic heterocycles. The molecule has 2 aromatic rings. The molecule has 0 aliphatic heterocycles. The number of aliphatic hydroxyl groups excluding tert-OH is 3. The number of hydrogen-bond donors (Lipinski definition) is 3. The summed E-state index contributed by atoms with van der Waals surface area (Å²) in [5.74, 6) is 0.725. The van der Waals surface area contributed by atoms with Crippen molar-refractivity contribution >= 4 is 0 Å². The van der Waals surface area contributed by atoms with Crippen LogP contribution in [0.15, 0.2) is 54.6 Å². The first-order valence-electron chi connectivity index (χ1n) is 7.74. The van der Waals surface area contributed by atoms with Gasteiger partial charge in [0, 0.05) is 5.41 Å². The van der Waals surface area contributed by atoms with E-state index in [9.17, 15) is 15.3 Å². The fourth-order valence-corrected chi connectivity index (χ4v) is 2.73. The van der Waals surface area contributed by atoms with Crippen LogP contribution in [-0.2, 0) is 5.41 Å². The summed E-state index contributed by atoms with van der Waals surface area (Å²) >= 11 is 0. The molecule has 1 unspecified atom stereocenters. The van der Waals surface area contributed by atoms with Crippen molar-refractivity contribution in [2.24, 2.45) is 0 Å². The van der Waals surface area contributed by atoms with Gasteiger partial charge in [0.15, 0.2) is 0 Å². The van der Waals surface area contributed by atoms with Crippen LogP contribution in [0.2, 0.25) is 0 Å². The maximum atomic E-state index is 10.3. The number of aliphatic hydroxyl groups is 3. The molecule has 0 fully saturated rings. The van der Waals surface area contributed by atoms with E-state index in [1.54, 1.807) is 7.11 Å². The number of rotatable bonds is 8. The Morgan fingerprint density at radius 3 is 2.09 bits per heavy atom. The molecule has 0 saturated carbocycles. The van der Waals surface area contributed by atoms with Gasteiger partial charge in [0.1, 0.15) is 5.75 Å². The van der Waals surface area contributed by atoms with Crippen LogP contribution >= 0.6 is 0 Å². The maximum Gasteiger partial charge on any atom is 0.118 e. The fourth-order valence-electron chi connectivity index (χ4n) is 2.73. The van der Waals surface area contributed by atoms with Crippen molar-refractivity contribution in [3.8, 4) is 5.75 Å². The summed E-state index contributed by atoms with van der Waals surface area (Å²) < 4.78 is 5.14. The quantitative estimate of drug-likeness (QED) is 0.699. The summed E-state index contributed by atoms with van der Waals surface area (Å²) in [6.45, 7) is -0.366. The minimum atomic E-state index is -0.776. The van der Waals surface area contributed by atoms with Gasteiger partial charge in [-0.15, -0.1) is 0 Å². The number of ether oxygens (including phenoxy) is 1. The molecule has 23 heavy (non-hydrogen) atoms. The monoisotopic (exact) mass is 316 g/mol. The lowest BCUT2D eigenvalue weighted by atomic mass is 9.77. The van der Waals surface area contributed by atoms with Crippen molar-refractivity contribution in [2.75, 3.05) is 20.3 Å². The summed E-state index contributed by atoms with van der Waals surface area (Å²) in [6.07, 6.45) is 0.312. The molecular weight excluding hydrogens is 292 g/mol. The lowest BCUT2D eigenvalue weighted by Gasteiger charge is -2.31. The average Bonchev–Trinajstić information content (AvgIpc) is 2.64. The van der Waals surface area contributed by atoms with Crippen LogP contribution in [0.5, 0.6) is 5.75 Å². The van der Waals surface area contributed by atoms with E-state index in [0.29, 0.717) is 12.8 Å². The molecule has 0 bridgehead atoms. The predicted octanol–water partition coefficient (Wildman–Crippen LogP) is 2.43. The summed E-state index contributed by atoms with van der Waals surface area (Å²) in [4.78, 5) is 0. The van der Waals surface area contributed by atoms with Crippen molar-refractivity contribution in [3.05, 3.63) is 65.7 Å². The molecule has 0 aliphatic rings. The number of hydrogen-bond acceptors (Lipinski definition) is 4. The van der Waals surface area contributed by atoms with E-state index >= 15 is 0 Å². The van der Waals surface area contributed by atoms with Crippen molar-refractivity contribution in [1.82, 2.24) is 0 Å². The summed E-state index contributed by atoms with van der Waals surface area (Å²) in [7, 11) is 1.59. The third kappa shape index (κ3) is 4.10. The molecule has 0 aliphatic carbocycles. The van der Waals surface area contributed by atoms with Gasteiger partial charge in [0.2, 0.25) is 0 Å². The Labute approximate surface area is 137 Å². The van der Waals surface area contributed by atoms with E-state index in [4.69, 9.17) is 4.74 Å². The zero-order valence-corrected chi connectivity index (χ0v) is 13.4. The minimum Gasteiger partial charge on any atom is -0.497 e. The summed E-state index contributed by atoms with van der Waals surface area (Å²) in [5.41, 5.74) is 0.901. The van der Waals surface area contributed by atoms with Crippen molar-refractivity contribution in [2.45, 2.75) is 24.4 Å². The molecule has 124 valence electrons. The van der Waals surface area contributed by atoms with Crippen LogP contribution in [-0.4, -0.2) is 35.6 Å². The molecule has 0 saturated heterocycles. The molecule has 2 rings (SSSR count). The Balaban J connectivity index is 2.13. The minimum absolute atomic E-state index is 0.183. The SMILES string of the molecule is COc1ccc(C(CO)(CO)CCC(O)c2ccccc2)cc1. The van der Waals surface area contributed by atoms with Crippen molar-refractivity contribution in [3.63, 3.8) is 0 Å². The molecule has 0 heterocycles. The topological polar surface area (TPSA) is 69.9 Å². The standard InChI is InChI=1S/C19H24O4/c1-23-17-9-7-16(8-10-17)19(13-20,14-21)12-11-18(22)15-5-3-2-4-6-15/h2-10,18,20-22H,11-14H2,1H3. The lowest BCUT2D eigenvalue weighted by Crippen LogP contribution is -2.35. The van der Waals surface area contributed by atoms with E-state index in [2.05, 4.69) is 0 Å². The molecule has 2 aromatic carbocycles. The van der Waals surface area contributed by atoms with Crippen LogP contribution in [0, 0.1) is 0 Å². The first-order chi connectivity index (χ1) is 11.1. The molecule has 0 spiro atoms. The van der Waals surface area contributed by atoms with Crippen LogP contribution in [0.1, 0.15) is 30.1 Å². The van der Waals surface area contributed by atoms with Gasteiger partial charge in [-0.2, -0.15) is 0 Å². The van der Waals surface area contributed by atoms with Gasteiger partial charge in [-0.3, -0.25) is 0 Å². The normalized spacial score (nSPS) is 12.9. The summed E-state index contributed by atoms with van der Waals surface area (Å²) in [5, 5.41) is 30.1. The molecule has 0 radical (unpaired) electrons. The highest BCUT2D eigenvalue weighted by Crippen LogP contribution is 2.33. The largest absolute Gasteiger partial charge is 0.497 e. The number of methoxy groups -OCH3 is 1. The summed E-state index contributed by atoms with van der Waals surface area (Å²) in [6, 6.07) is 16.7. The first kappa shape index (κ1) is 17.5. The lowest BCUT2D eigenvalue weighted by molar-refractivity contribution is 0.0858. The van der Waals surface area contributed by atoms with Crippen LogP contribution < -0.4 is 4.74 Å². The molecule has 4 heteroatoms. The Bertz CT molecular complexity index is 576. The molecule has 1 atom stereocenters. The van der Waals surface area contributed by atoms with E-state index < -0.39 is 11.5 Å². The smallest absolute Gasteiger partial charge is 0.118 e. The highest BCUT2D eigenvalue weighted by atomic mass is 16.5. The van der Waals surface area contributed by atoms with Gasteiger partial charge < -0.3 is 20.1 Å². The van der Waals surface area contributed by atoms with E-state index in [1.807, 2.05) is 54.6 Å². The molecule has 0 amide bonds. The van der Waals surface area contributed by atoms with E-state index in [0.717, 1.165) is 16.9 Å². The van der Waals surface area contributed by atoms with Crippen LogP contribution in [0.4, 0.5) is 0 Å². The Morgan fingerprint density at radius 1 is 0.957 bits per heavy atom. The van der Waals surface area contributed by atoms with Gasteiger partial charge in [-0.1, -0.05) is 42.5 Å². The van der Waals surface area contributed by atoms with E-state index in [-0.39, 0.29) is 13.2 Å². The second kappa shape index (κ2) is 8.11. The number of benzene rings is 2. The molecule has 3 N–H and O–H groups in total. The predicted molar refractivity (Wildman–Crippen MR) is 89.5 cm³/mol. The average molecular weight is 316 g/mol. The Hall–Kier alpha value is -1.88. The Morgan fingerprint density at radius 2 is 1.57 bits per heavy atom. The third-order valence-electron chi connectivity index (χ3n) is 4.39. The highest BCUT2D eigenvalue weighted by molar-refractivity contribution is 5.33. The molecule has 4 nitrogen and oxygen atoms in total. The van der Waals surface area contributed by atoms with Gasteiger partial charge >= 0.3 is 0 Å². The zero-order chi connectivity index (χ0) is 16.7. The molecular formula is C19H24O4. The third-order valence-corrected chi connectivity index (χ3v) is 4.39. The van der Waals surface area contributed by atoms with Crippen molar-refractivity contribution in [1.29, 1.82) is 0 Å². The van der Waals surface area contributed by atoms with Gasteiger partial charge in [0.25, 0.3) is 0 Å². The van der Waals surface area contributed by atoms with Crippen LogP contribution in [0.25, 0.3) is 0 Å². The first-order valence-corrected chi connectivity index (χ1v) is 7.74. The van der Waals surface area contributed by atoms with Crippen LogP contribution in [0.3, 0.4) is 0 Å². The van der Waals surface area contributed by atoms with E-state index in [1.165, 1.54) is 0 Å². The van der Waals surface area contributed by atoms with Crippen molar-refractivity contribution < 1.29 is 20.1 Å². The highest BCUT2D eigenvalue weighted by Gasteiger charge is 2.31. The zero-order valence-electron chi connectivity index (χ0n) is 13.4. The van der Waals surface area contributed by atoms with Gasteiger partial charge in [0.05, 0.1) is 26.4 Å². The Kier molecular flexibility index (Phi) is 6.16.